The zero-order chi connectivity index (χ0) is 10.1. The molecule has 14 heavy (non-hydrogen) atoms. The molecule has 0 radical (unpaired) electrons. The van der Waals surface area contributed by atoms with Gasteiger partial charge in [-0.25, -0.2) is 4.79 Å². The maximum atomic E-state index is 11.1. The highest BCUT2D eigenvalue weighted by Gasteiger charge is 2.11. The molecule has 0 aliphatic heterocycles. The number of aromatic amines is 1. The van der Waals surface area contributed by atoms with Gasteiger partial charge in [-0.2, -0.15) is 0 Å². The quantitative estimate of drug-likeness (QED) is 0.740. The van der Waals surface area contributed by atoms with Crippen molar-refractivity contribution in [1.82, 2.24) is 4.98 Å². The van der Waals surface area contributed by atoms with E-state index in [1.807, 2.05) is 6.07 Å². The van der Waals surface area contributed by atoms with E-state index >= 15 is 0 Å². The van der Waals surface area contributed by atoms with Gasteiger partial charge in [-0.1, -0.05) is 0 Å². The van der Waals surface area contributed by atoms with Crippen molar-refractivity contribution < 1.29 is 14.6 Å². The molecule has 4 nitrogen and oxygen atoms in total. The van der Waals surface area contributed by atoms with E-state index in [0.717, 1.165) is 15.1 Å². The predicted octanol–water partition coefficient (Wildman–Crippen LogP) is 1.51. The van der Waals surface area contributed by atoms with Gasteiger partial charge in [0.15, 0.2) is 0 Å². The number of carbonyl (C=O) groups excluding carboxylic acids is 1. The molecule has 0 unspecified atom stereocenters. The standard InChI is InChI=1S/C9H9NO3S/c1-13-9(12)7-3-5-2-6(4-11)14-8(5)10-7/h2-3,10-11H,4H2,1H3. The van der Waals surface area contributed by atoms with E-state index in [1.165, 1.54) is 18.4 Å². The molecule has 0 saturated carbocycles. The minimum atomic E-state index is -0.376. The smallest absolute Gasteiger partial charge is 0.354 e. The molecule has 0 aliphatic carbocycles. The van der Waals surface area contributed by atoms with E-state index in [4.69, 9.17) is 5.11 Å². The first-order valence-corrected chi connectivity index (χ1v) is 4.87. The summed E-state index contributed by atoms with van der Waals surface area (Å²) in [6.07, 6.45) is 0. The number of carbonyl (C=O) groups is 1. The molecule has 74 valence electrons. The van der Waals surface area contributed by atoms with Crippen LogP contribution in [0.1, 0.15) is 15.4 Å². The summed E-state index contributed by atoms with van der Waals surface area (Å²) in [5, 5.41) is 9.82. The van der Waals surface area contributed by atoms with Crippen LogP contribution in [-0.2, 0) is 11.3 Å². The summed E-state index contributed by atoms with van der Waals surface area (Å²) in [7, 11) is 1.34. The number of hydrogen-bond donors (Lipinski definition) is 2. The Labute approximate surface area is 84.1 Å². The lowest BCUT2D eigenvalue weighted by Gasteiger charge is -1.92. The van der Waals surface area contributed by atoms with Gasteiger partial charge in [0.1, 0.15) is 10.5 Å². The molecule has 0 bridgehead atoms. The lowest BCUT2D eigenvalue weighted by Crippen LogP contribution is -2.00. The highest BCUT2D eigenvalue weighted by Crippen LogP contribution is 2.26. The van der Waals surface area contributed by atoms with Gasteiger partial charge in [-0.05, 0) is 12.1 Å². The van der Waals surface area contributed by atoms with Crippen molar-refractivity contribution in [2.24, 2.45) is 0 Å². The molecule has 2 heterocycles. The molecule has 2 aromatic heterocycles. The van der Waals surface area contributed by atoms with Crippen molar-refractivity contribution in [3.8, 4) is 0 Å². The first kappa shape index (κ1) is 9.23. The Morgan fingerprint density at radius 3 is 3.00 bits per heavy atom. The summed E-state index contributed by atoms with van der Waals surface area (Å²) in [6, 6.07) is 3.57. The topological polar surface area (TPSA) is 62.3 Å². The Balaban J connectivity index is 2.44. The molecule has 0 spiro atoms. The third-order valence-electron chi connectivity index (χ3n) is 1.92. The Kier molecular flexibility index (Phi) is 2.26. The Hall–Kier alpha value is -1.33. The number of rotatable bonds is 2. The third kappa shape index (κ3) is 1.40. The van der Waals surface area contributed by atoms with Crippen LogP contribution in [-0.4, -0.2) is 23.2 Å². The van der Waals surface area contributed by atoms with Gasteiger partial charge in [0, 0.05) is 10.3 Å². The Morgan fingerprint density at radius 1 is 1.64 bits per heavy atom. The van der Waals surface area contributed by atoms with Crippen LogP contribution in [0, 0.1) is 0 Å². The van der Waals surface area contributed by atoms with Crippen molar-refractivity contribution in [1.29, 1.82) is 0 Å². The maximum absolute atomic E-state index is 11.1. The molecule has 2 aromatic rings. The minimum absolute atomic E-state index is 0.0285. The summed E-state index contributed by atoms with van der Waals surface area (Å²) >= 11 is 1.43. The van der Waals surface area contributed by atoms with Gasteiger partial charge in [0.2, 0.25) is 0 Å². The second-order valence-corrected chi connectivity index (χ2v) is 3.97. The van der Waals surface area contributed by atoms with Gasteiger partial charge >= 0.3 is 5.97 Å². The second kappa shape index (κ2) is 3.43. The average molecular weight is 211 g/mol. The van der Waals surface area contributed by atoms with E-state index < -0.39 is 0 Å². The summed E-state index contributed by atoms with van der Waals surface area (Å²) in [6.45, 7) is 0.0285. The highest BCUT2D eigenvalue weighted by molar-refractivity contribution is 7.18. The van der Waals surface area contributed by atoms with Gasteiger partial charge in [-0.15, -0.1) is 11.3 Å². The summed E-state index contributed by atoms with van der Waals surface area (Å²) in [5.74, 6) is -0.376. The molecular formula is C9H9NO3S. The van der Waals surface area contributed by atoms with E-state index in [-0.39, 0.29) is 12.6 Å². The molecule has 0 saturated heterocycles. The fourth-order valence-corrected chi connectivity index (χ4v) is 2.18. The number of ether oxygens (including phenoxy) is 1. The largest absolute Gasteiger partial charge is 0.464 e. The maximum Gasteiger partial charge on any atom is 0.354 e. The molecule has 0 atom stereocenters. The van der Waals surface area contributed by atoms with Gasteiger partial charge in [0.25, 0.3) is 0 Å². The molecule has 2 rings (SSSR count). The van der Waals surface area contributed by atoms with Crippen LogP contribution < -0.4 is 0 Å². The van der Waals surface area contributed by atoms with Crippen LogP contribution in [0.2, 0.25) is 0 Å². The van der Waals surface area contributed by atoms with E-state index in [0.29, 0.717) is 5.69 Å². The van der Waals surface area contributed by atoms with Crippen LogP contribution in [0.25, 0.3) is 10.2 Å². The van der Waals surface area contributed by atoms with Crippen LogP contribution in [0.4, 0.5) is 0 Å². The number of esters is 1. The Morgan fingerprint density at radius 2 is 2.43 bits per heavy atom. The number of hydrogen-bond acceptors (Lipinski definition) is 4. The second-order valence-electron chi connectivity index (χ2n) is 2.83. The number of H-pyrrole nitrogens is 1. The molecule has 0 aliphatic rings. The normalized spacial score (nSPS) is 10.7. The van der Waals surface area contributed by atoms with Crippen molar-refractivity contribution in [2.75, 3.05) is 7.11 Å². The lowest BCUT2D eigenvalue weighted by molar-refractivity contribution is 0.0595. The van der Waals surface area contributed by atoms with Crippen molar-refractivity contribution >= 4 is 27.5 Å². The lowest BCUT2D eigenvalue weighted by atomic mass is 10.3. The first-order valence-electron chi connectivity index (χ1n) is 4.05. The first-order chi connectivity index (χ1) is 6.74. The van der Waals surface area contributed by atoms with Crippen LogP contribution in [0.15, 0.2) is 12.1 Å². The van der Waals surface area contributed by atoms with Crippen LogP contribution >= 0.6 is 11.3 Å². The molecular weight excluding hydrogens is 202 g/mol. The predicted molar refractivity (Wildman–Crippen MR) is 53.4 cm³/mol. The molecule has 0 aromatic carbocycles. The van der Waals surface area contributed by atoms with Crippen LogP contribution in [0.5, 0.6) is 0 Å². The number of thiophene rings is 1. The van der Waals surface area contributed by atoms with E-state index in [9.17, 15) is 4.79 Å². The monoisotopic (exact) mass is 211 g/mol. The molecule has 2 N–H and O–H groups in total. The summed E-state index contributed by atoms with van der Waals surface area (Å²) in [4.78, 5) is 15.8. The van der Waals surface area contributed by atoms with Crippen molar-refractivity contribution in [2.45, 2.75) is 6.61 Å². The average Bonchev–Trinajstić information content (AvgIpc) is 2.72. The number of aliphatic hydroxyl groups is 1. The SMILES string of the molecule is COC(=O)c1cc2cc(CO)sc2[nH]1. The summed E-state index contributed by atoms with van der Waals surface area (Å²) in [5.41, 5.74) is 0.443. The number of aliphatic hydroxyl groups excluding tert-OH is 1. The van der Waals surface area contributed by atoms with E-state index in [2.05, 4.69) is 9.72 Å². The third-order valence-corrected chi connectivity index (χ3v) is 2.97. The zero-order valence-corrected chi connectivity index (χ0v) is 8.35. The van der Waals surface area contributed by atoms with Crippen LogP contribution in [0.3, 0.4) is 0 Å². The fraction of sp³-hybridized carbons (Fsp3) is 0.222. The van der Waals surface area contributed by atoms with Gasteiger partial charge in [-0.3, -0.25) is 0 Å². The zero-order valence-electron chi connectivity index (χ0n) is 7.53. The summed E-state index contributed by atoms with van der Waals surface area (Å²) < 4.78 is 4.58. The van der Waals surface area contributed by atoms with Crippen molar-refractivity contribution in [3.63, 3.8) is 0 Å². The van der Waals surface area contributed by atoms with Gasteiger partial charge < -0.3 is 14.8 Å². The van der Waals surface area contributed by atoms with Gasteiger partial charge in [0.05, 0.1) is 13.7 Å². The van der Waals surface area contributed by atoms with Crippen molar-refractivity contribution in [3.05, 3.63) is 22.7 Å². The molecule has 0 fully saturated rings. The number of fused-ring (bicyclic) bond motifs is 1. The molecule has 5 heteroatoms. The molecule has 0 amide bonds. The fourth-order valence-electron chi connectivity index (χ4n) is 1.28. The number of nitrogens with one attached hydrogen (secondary N) is 1. The van der Waals surface area contributed by atoms with E-state index in [1.54, 1.807) is 6.07 Å². The Bertz CT molecular complexity index is 440. The number of aromatic nitrogens is 1. The highest BCUT2D eigenvalue weighted by atomic mass is 32.1. The minimum Gasteiger partial charge on any atom is -0.464 e. The number of methoxy groups -OCH3 is 1.